The molecule has 0 bridgehead atoms. The van der Waals surface area contributed by atoms with Crippen LogP contribution in [0, 0.1) is 6.92 Å². The lowest BCUT2D eigenvalue weighted by Crippen LogP contribution is -2.26. The van der Waals surface area contributed by atoms with Gasteiger partial charge in [0, 0.05) is 11.8 Å². The predicted octanol–water partition coefficient (Wildman–Crippen LogP) is 4.38. The molecule has 2 aromatic carbocycles. The first-order valence-electron chi connectivity index (χ1n) is 13.0. The highest BCUT2D eigenvalue weighted by molar-refractivity contribution is 5.79. The number of aryl methyl sites for hydroxylation is 2. The number of hydrogen-bond donors (Lipinski definition) is 1. The van der Waals surface area contributed by atoms with Crippen molar-refractivity contribution in [3.05, 3.63) is 75.8 Å². The third-order valence-corrected chi connectivity index (χ3v) is 5.87. The fourth-order valence-electron chi connectivity index (χ4n) is 4.11. The molecule has 36 heavy (non-hydrogen) atoms. The number of benzene rings is 2. The van der Waals surface area contributed by atoms with Gasteiger partial charge < -0.3 is 18.8 Å². The second-order valence-electron chi connectivity index (χ2n) is 8.30. The SMILES string of the molecule is [2H]C([2H])([2H])Oc1cccc(C)c1-n1c(CCCC)nc(O)c(-c2nnc(Cc3noc4ccccc34)o2)c1=O. The molecule has 0 aliphatic carbocycles. The highest BCUT2D eigenvalue weighted by atomic mass is 16.5. The van der Waals surface area contributed by atoms with E-state index in [1.165, 1.54) is 10.6 Å². The zero-order chi connectivity index (χ0) is 27.7. The van der Waals surface area contributed by atoms with Crippen LogP contribution in [0.2, 0.25) is 0 Å². The van der Waals surface area contributed by atoms with E-state index in [2.05, 4.69) is 20.3 Å². The summed E-state index contributed by atoms with van der Waals surface area (Å²) < 4.78 is 40.3. The molecule has 10 heteroatoms. The maximum absolute atomic E-state index is 14.0. The number of methoxy groups -OCH3 is 1. The first-order valence-corrected chi connectivity index (χ1v) is 11.5. The molecule has 5 rings (SSSR count). The Morgan fingerprint density at radius 3 is 2.86 bits per heavy atom. The van der Waals surface area contributed by atoms with Crippen LogP contribution in [0.25, 0.3) is 28.1 Å². The molecule has 0 saturated heterocycles. The number of rotatable bonds is 8. The summed E-state index contributed by atoms with van der Waals surface area (Å²) in [5, 5.41) is 23.7. The number of hydrogen-bond acceptors (Lipinski definition) is 9. The van der Waals surface area contributed by atoms with E-state index in [4.69, 9.17) is 17.8 Å². The Kier molecular flexibility index (Phi) is 5.31. The number of para-hydroxylation sites is 2. The van der Waals surface area contributed by atoms with Gasteiger partial charge in [0.15, 0.2) is 11.1 Å². The Hall–Kier alpha value is -4.47. The first-order chi connectivity index (χ1) is 18.7. The fourth-order valence-corrected chi connectivity index (χ4v) is 4.11. The molecule has 0 atom stereocenters. The maximum Gasteiger partial charge on any atom is 0.275 e. The van der Waals surface area contributed by atoms with Crippen molar-refractivity contribution in [1.29, 1.82) is 0 Å². The Bertz CT molecular complexity index is 1710. The predicted molar refractivity (Wildman–Crippen MR) is 132 cm³/mol. The summed E-state index contributed by atoms with van der Waals surface area (Å²) in [4.78, 5) is 18.3. The highest BCUT2D eigenvalue weighted by Crippen LogP contribution is 2.30. The number of unbranched alkanes of at least 4 members (excludes halogenated alkanes) is 1. The maximum atomic E-state index is 14.0. The average molecular weight is 491 g/mol. The molecule has 0 aliphatic heterocycles. The van der Waals surface area contributed by atoms with Gasteiger partial charge in [0.2, 0.25) is 11.8 Å². The van der Waals surface area contributed by atoms with Gasteiger partial charge in [-0.2, -0.15) is 4.98 Å². The van der Waals surface area contributed by atoms with Crippen LogP contribution in [0.5, 0.6) is 11.6 Å². The third kappa shape index (κ3) is 4.10. The number of aromatic hydroxyl groups is 1. The Balaban J connectivity index is 1.63. The van der Waals surface area contributed by atoms with Crippen molar-refractivity contribution >= 4 is 11.0 Å². The van der Waals surface area contributed by atoms with Gasteiger partial charge in [-0.05, 0) is 37.1 Å². The summed E-state index contributed by atoms with van der Waals surface area (Å²) in [6, 6.07) is 12.1. The van der Waals surface area contributed by atoms with Gasteiger partial charge in [0.25, 0.3) is 11.4 Å². The number of fused-ring (bicyclic) bond motifs is 1. The summed E-state index contributed by atoms with van der Waals surface area (Å²) in [5.41, 5.74) is 0.920. The third-order valence-electron chi connectivity index (χ3n) is 5.87. The smallest absolute Gasteiger partial charge is 0.275 e. The summed E-state index contributed by atoms with van der Waals surface area (Å²) in [7, 11) is -2.75. The monoisotopic (exact) mass is 490 g/mol. The number of nitrogens with zero attached hydrogens (tertiary/aromatic N) is 5. The lowest BCUT2D eigenvalue weighted by atomic mass is 10.1. The standard InChI is InChI=1S/C26H25N5O5/c1-4-5-13-20-27-24(32)22(26(33)31(20)23-15(2)9-8-12-19(23)34-3)25-29-28-21(35-25)14-17-16-10-6-7-11-18(16)36-30-17/h6-12,32H,4-5,13-14H2,1-3H3/i3D3. The van der Waals surface area contributed by atoms with Crippen LogP contribution in [0.1, 0.15) is 46.9 Å². The highest BCUT2D eigenvalue weighted by Gasteiger charge is 2.26. The molecule has 0 radical (unpaired) electrons. The molecule has 0 aliphatic rings. The van der Waals surface area contributed by atoms with Crippen molar-refractivity contribution in [1.82, 2.24) is 24.9 Å². The average Bonchev–Trinajstić information content (AvgIpc) is 3.50. The summed E-state index contributed by atoms with van der Waals surface area (Å²) in [6.45, 7) is 3.70. The minimum absolute atomic E-state index is 0.0302. The molecule has 0 fully saturated rings. The Morgan fingerprint density at radius 2 is 2.03 bits per heavy atom. The molecule has 0 unspecified atom stereocenters. The van der Waals surface area contributed by atoms with E-state index >= 15 is 0 Å². The van der Waals surface area contributed by atoms with E-state index in [0.717, 1.165) is 11.8 Å². The lowest BCUT2D eigenvalue weighted by molar-refractivity contribution is 0.410. The van der Waals surface area contributed by atoms with Crippen molar-refractivity contribution in [2.75, 3.05) is 7.04 Å². The van der Waals surface area contributed by atoms with Gasteiger partial charge in [-0.25, -0.2) is 0 Å². The van der Waals surface area contributed by atoms with Crippen molar-refractivity contribution in [2.45, 2.75) is 39.5 Å². The Morgan fingerprint density at radius 1 is 1.17 bits per heavy atom. The second-order valence-corrected chi connectivity index (χ2v) is 8.30. The quantitative estimate of drug-likeness (QED) is 0.337. The molecule has 5 aromatic rings. The van der Waals surface area contributed by atoms with Crippen molar-refractivity contribution in [2.24, 2.45) is 0 Å². The molecule has 184 valence electrons. The van der Waals surface area contributed by atoms with Gasteiger partial charge >= 0.3 is 0 Å². The van der Waals surface area contributed by atoms with Gasteiger partial charge in [-0.3, -0.25) is 9.36 Å². The summed E-state index contributed by atoms with van der Waals surface area (Å²) in [5.74, 6) is -0.461. The Labute approximate surface area is 210 Å². The number of aromatic nitrogens is 5. The molecule has 0 saturated carbocycles. The van der Waals surface area contributed by atoms with Gasteiger partial charge in [0.05, 0.1) is 23.3 Å². The van der Waals surface area contributed by atoms with E-state index in [0.29, 0.717) is 29.7 Å². The number of ether oxygens (including phenoxy) is 1. The minimum atomic E-state index is -2.75. The fraction of sp³-hybridized carbons (Fsp3) is 0.269. The molecule has 3 aromatic heterocycles. The van der Waals surface area contributed by atoms with Crippen LogP contribution in [0.4, 0.5) is 0 Å². The van der Waals surface area contributed by atoms with Crippen LogP contribution >= 0.6 is 0 Å². The largest absolute Gasteiger partial charge is 0.495 e. The zero-order valence-electron chi connectivity index (χ0n) is 22.7. The van der Waals surface area contributed by atoms with Crippen LogP contribution in [-0.2, 0) is 12.8 Å². The van der Waals surface area contributed by atoms with Crippen molar-refractivity contribution in [3.63, 3.8) is 0 Å². The van der Waals surface area contributed by atoms with Crippen molar-refractivity contribution in [3.8, 4) is 28.8 Å². The van der Waals surface area contributed by atoms with Gasteiger partial charge in [-0.15, -0.1) is 10.2 Å². The lowest BCUT2D eigenvalue weighted by Gasteiger charge is -2.18. The van der Waals surface area contributed by atoms with E-state index in [9.17, 15) is 9.90 Å². The zero-order valence-corrected chi connectivity index (χ0v) is 19.7. The van der Waals surface area contributed by atoms with E-state index in [1.807, 2.05) is 25.1 Å². The molecule has 10 nitrogen and oxygen atoms in total. The first kappa shape index (κ1) is 19.8. The topological polar surface area (TPSA) is 129 Å². The normalized spacial score (nSPS) is 12.9. The minimum Gasteiger partial charge on any atom is -0.495 e. The summed E-state index contributed by atoms with van der Waals surface area (Å²) >= 11 is 0. The van der Waals surface area contributed by atoms with E-state index < -0.39 is 18.5 Å². The van der Waals surface area contributed by atoms with E-state index in [-0.39, 0.29) is 41.0 Å². The molecule has 0 amide bonds. The van der Waals surface area contributed by atoms with Gasteiger partial charge in [-0.1, -0.05) is 42.8 Å². The molecular weight excluding hydrogens is 462 g/mol. The van der Waals surface area contributed by atoms with Gasteiger partial charge in [0.1, 0.15) is 17.3 Å². The van der Waals surface area contributed by atoms with Crippen molar-refractivity contribution < 1.29 is 22.9 Å². The molecule has 1 N–H and O–H groups in total. The second kappa shape index (κ2) is 9.65. The summed E-state index contributed by atoms with van der Waals surface area (Å²) in [6.07, 6.45) is 1.95. The molecule has 3 heterocycles. The van der Waals surface area contributed by atoms with Crippen LogP contribution in [0.3, 0.4) is 0 Å². The van der Waals surface area contributed by atoms with Crippen LogP contribution in [-0.4, -0.2) is 37.0 Å². The van der Waals surface area contributed by atoms with Crippen LogP contribution < -0.4 is 10.3 Å². The van der Waals surface area contributed by atoms with E-state index in [1.54, 1.807) is 25.1 Å². The molecule has 0 spiro atoms. The van der Waals surface area contributed by atoms with Crippen LogP contribution in [0.15, 0.2) is 56.2 Å². The molecular formula is C26H25N5O5.